The van der Waals surface area contributed by atoms with Crippen molar-refractivity contribution >= 4 is 54.1 Å². The van der Waals surface area contributed by atoms with Crippen molar-refractivity contribution in [2.24, 2.45) is 0 Å². The molecule has 3 nitrogen and oxygen atoms in total. The van der Waals surface area contributed by atoms with E-state index in [4.69, 9.17) is 0 Å². The number of para-hydroxylation sites is 1. The topological polar surface area (TPSA) is 36.4 Å². The number of benzene rings is 2. The van der Waals surface area contributed by atoms with Crippen LogP contribution in [0, 0.1) is 6.92 Å². The van der Waals surface area contributed by atoms with Crippen LogP contribution in [0.15, 0.2) is 45.3 Å². The largest absolute Gasteiger partial charge is 0.505 e. The van der Waals surface area contributed by atoms with Gasteiger partial charge in [0, 0.05) is 27.8 Å². The SMILES string of the molecule is Cc1nc2c(O)c(Br)cc(Br)c2c2c1CCN2c1ccccc1. The van der Waals surface area contributed by atoms with Crippen LogP contribution >= 0.6 is 31.9 Å². The summed E-state index contributed by atoms with van der Waals surface area (Å²) < 4.78 is 1.58. The highest BCUT2D eigenvalue weighted by molar-refractivity contribution is 9.11. The summed E-state index contributed by atoms with van der Waals surface area (Å²) in [5.74, 6) is 0.189. The zero-order valence-electron chi connectivity index (χ0n) is 12.5. The molecule has 1 N–H and O–H groups in total. The van der Waals surface area contributed by atoms with Crippen molar-refractivity contribution in [3.63, 3.8) is 0 Å². The number of phenols is 1. The number of hydrogen-bond donors (Lipinski definition) is 1. The fourth-order valence-corrected chi connectivity index (χ4v) is 4.62. The molecule has 0 amide bonds. The molecule has 2 heterocycles. The summed E-state index contributed by atoms with van der Waals surface area (Å²) in [5, 5.41) is 11.4. The van der Waals surface area contributed by atoms with Crippen molar-refractivity contribution in [1.82, 2.24) is 4.98 Å². The molecular formula is C18H14Br2N2O. The van der Waals surface area contributed by atoms with Crippen molar-refractivity contribution in [3.8, 4) is 5.75 Å². The van der Waals surface area contributed by atoms with Gasteiger partial charge in [0.15, 0.2) is 5.75 Å². The molecule has 23 heavy (non-hydrogen) atoms. The number of aromatic nitrogens is 1. The van der Waals surface area contributed by atoms with Crippen LogP contribution < -0.4 is 4.90 Å². The molecular weight excluding hydrogens is 420 g/mol. The second kappa shape index (κ2) is 5.49. The molecule has 0 radical (unpaired) electrons. The van der Waals surface area contributed by atoms with Gasteiger partial charge in [0.1, 0.15) is 5.52 Å². The molecule has 116 valence electrons. The van der Waals surface area contributed by atoms with E-state index in [1.165, 1.54) is 5.56 Å². The number of anilines is 2. The van der Waals surface area contributed by atoms with E-state index in [9.17, 15) is 5.11 Å². The number of phenolic OH excluding ortho intramolecular Hbond substituents is 1. The van der Waals surface area contributed by atoms with E-state index in [1.54, 1.807) is 0 Å². The van der Waals surface area contributed by atoms with Crippen molar-refractivity contribution in [1.29, 1.82) is 0 Å². The zero-order chi connectivity index (χ0) is 16.1. The summed E-state index contributed by atoms with van der Waals surface area (Å²) >= 11 is 7.05. The third kappa shape index (κ3) is 2.25. The van der Waals surface area contributed by atoms with Crippen LogP contribution in [-0.2, 0) is 6.42 Å². The second-order valence-electron chi connectivity index (χ2n) is 5.67. The van der Waals surface area contributed by atoms with Crippen LogP contribution in [0.3, 0.4) is 0 Å². The number of hydrogen-bond acceptors (Lipinski definition) is 3. The van der Waals surface area contributed by atoms with E-state index in [0.29, 0.717) is 9.99 Å². The molecule has 0 bridgehead atoms. The lowest BCUT2D eigenvalue weighted by Crippen LogP contribution is -2.13. The van der Waals surface area contributed by atoms with Gasteiger partial charge >= 0.3 is 0 Å². The lowest BCUT2D eigenvalue weighted by molar-refractivity contribution is 0.477. The van der Waals surface area contributed by atoms with E-state index >= 15 is 0 Å². The smallest absolute Gasteiger partial charge is 0.156 e. The van der Waals surface area contributed by atoms with Crippen LogP contribution in [0.2, 0.25) is 0 Å². The molecule has 1 aromatic heterocycles. The average Bonchev–Trinajstić information content (AvgIpc) is 2.99. The first-order valence-corrected chi connectivity index (χ1v) is 8.99. The molecule has 0 saturated heterocycles. The molecule has 0 aliphatic carbocycles. The van der Waals surface area contributed by atoms with Gasteiger partial charge < -0.3 is 10.0 Å². The molecule has 4 rings (SSSR count). The first kappa shape index (κ1) is 15.0. The first-order valence-electron chi connectivity index (χ1n) is 7.40. The highest BCUT2D eigenvalue weighted by Crippen LogP contribution is 2.47. The number of aryl methyl sites for hydroxylation is 1. The maximum atomic E-state index is 10.4. The molecule has 2 aromatic carbocycles. The Balaban J connectivity index is 2.09. The molecule has 0 unspecified atom stereocenters. The Morgan fingerprint density at radius 2 is 1.87 bits per heavy atom. The van der Waals surface area contributed by atoms with E-state index in [1.807, 2.05) is 31.2 Å². The maximum absolute atomic E-state index is 10.4. The summed E-state index contributed by atoms with van der Waals surface area (Å²) in [6.45, 7) is 2.94. The lowest BCUT2D eigenvalue weighted by atomic mass is 10.1. The maximum Gasteiger partial charge on any atom is 0.156 e. The van der Waals surface area contributed by atoms with Crippen molar-refractivity contribution in [2.45, 2.75) is 13.3 Å². The van der Waals surface area contributed by atoms with Crippen molar-refractivity contribution in [2.75, 3.05) is 11.4 Å². The van der Waals surface area contributed by atoms with Gasteiger partial charge in [-0.05, 0) is 69.0 Å². The first-order chi connectivity index (χ1) is 11.1. The molecule has 1 aliphatic heterocycles. The number of halogens is 2. The Morgan fingerprint density at radius 1 is 1.13 bits per heavy atom. The minimum Gasteiger partial charge on any atom is -0.505 e. The van der Waals surface area contributed by atoms with E-state index in [2.05, 4.69) is 53.9 Å². The molecule has 1 aliphatic rings. The summed E-state index contributed by atoms with van der Waals surface area (Å²) in [5.41, 5.74) is 5.17. The average molecular weight is 434 g/mol. The van der Waals surface area contributed by atoms with Gasteiger partial charge in [-0.15, -0.1) is 0 Å². The standard InChI is InChI=1S/C18H14Br2N2O/c1-10-12-7-8-22(11-5-3-2-4-6-11)17(12)15-13(19)9-14(20)18(23)16(15)21-10/h2-6,9,23H,7-8H2,1H3. The minimum absolute atomic E-state index is 0.189. The van der Waals surface area contributed by atoms with Gasteiger partial charge in [-0.1, -0.05) is 18.2 Å². The molecule has 5 heteroatoms. The third-order valence-electron chi connectivity index (χ3n) is 4.34. The summed E-state index contributed by atoms with van der Waals surface area (Å²) in [7, 11) is 0. The Hall–Kier alpha value is -1.59. The molecule has 3 aromatic rings. The van der Waals surface area contributed by atoms with E-state index in [-0.39, 0.29) is 5.75 Å². The highest BCUT2D eigenvalue weighted by Gasteiger charge is 2.28. The minimum atomic E-state index is 0.189. The van der Waals surface area contributed by atoms with Gasteiger partial charge in [0.25, 0.3) is 0 Å². The quantitative estimate of drug-likeness (QED) is 0.552. The Labute approximate surface area is 151 Å². The lowest BCUT2D eigenvalue weighted by Gasteiger charge is -2.22. The predicted octanol–water partition coefficient (Wildman–Crippen LogP) is 5.47. The van der Waals surface area contributed by atoms with Gasteiger partial charge in [-0.2, -0.15) is 0 Å². The van der Waals surface area contributed by atoms with Crippen molar-refractivity contribution in [3.05, 3.63) is 56.6 Å². The van der Waals surface area contributed by atoms with Crippen LogP contribution in [-0.4, -0.2) is 16.6 Å². The number of nitrogens with zero attached hydrogens (tertiary/aromatic N) is 2. The predicted molar refractivity (Wildman–Crippen MR) is 101 cm³/mol. The van der Waals surface area contributed by atoms with E-state index in [0.717, 1.165) is 39.9 Å². The molecule has 0 fully saturated rings. The van der Waals surface area contributed by atoms with Crippen molar-refractivity contribution < 1.29 is 5.11 Å². The monoisotopic (exact) mass is 432 g/mol. The van der Waals surface area contributed by atoms with Gasteiger partial charge in [0.05, 0.1) is 10.2 Å². The Morgan fingerprint density at radius 3 is 2.61 bits per heavy atom. The van der Waals surface area contributed by atoms with Crippen LogP contribution in [0.1, 0.15) is 11.3 Å². The van der Waals surface area contributed by atoms with Crippen LogP contribution in [0.5, 0.6) is 5.75 Å². The summed E-state index contributed by atoms with van der Waals surface area (Å²) in [4.78, 5) is 6.97. The number of pyridine rings is 1. The third-order valence-corrected chi connectivity index (χ3v) is 5.57. The molecule has 0 atom stereocenters. The molecule has 0 spiro atoms. The van der Waals surface area contributed by atoms with Crippen LogP contribution in [0.25, 0.3) is 10.9 Å². The van der Waals surface area contributed by atoms with Gasteiger partial charge in [-0.3, -0.25) is 0 Å². The fraction of sp³-hybridized carbons (Fsp3) is 0.167. The van der Waals surface area contributed by atoms with Crippen LogP contribution in [0.4, 0.5) is 11.4 Å². The summed E-state index contributed by atoms with van der Waals surface area (Å²) in [6.07, 6.45) is 0.961. The Bertz CT molecular complexity index is 926. The Kier molecular flexibility index (Phi) is 3.58. The second-order valence-corrected chi connectivity index (χ2v) is 7.38. The number of rotatable bonds is 1. The normalized spacial score (nSPS) is 13.6. The highest BCUT2D eigenvalue weighted by atomic mass is 79.9. The summed E-state index contributed by atoms with van der Waals surface area (Å²) in [6, 6.07) is 12.2. The van der Waals surface area contributed by atoms with Gasteiger partial charge in [0.2, 0.25) is 0 Å². The van der Waals surface area contributed by atoms with E-state index < -0.39 is 0 Å². The molecule has 0 saturated carbocycles. The number of fused-ring (bicyclic) bond motifs is 3. The van der Waals surface area contributed by atoms with Gasteiger partial charge in [-0.25, -0.2) is 4.98 Å². The zero-order valence-corrected chi connectivity index (χ0v) is 15.6. The fourth-order valence-electron chi connectivity index (χ4n) is 3.29. The number of aromatic hydroxyl groups is 1.